The fraction of sp³-hybridized carbons (Fsp3) is 0.632. The molecule has 1 aromatic heterocycles. The number of aromatic nitrogens is 1. The van der Waals surface area contributed by atoms with Crippen molar-refractivity contribution in [2.24, 2.45) is 4.99 Å². The molecule has 0 radical (unpaired) electrons. The zero-order chi connectivity index (χ0) is 19.5. The molecule has 9 heteroatoms. The number of carbonyl (C=O) groups excluding carboxylic acids is 1. The van der Waals surface area contributed by atoms with Crippen molar-refractivity contribution in [3.8, 4) is 5.88 Å². The summed E-state index contributed by atoms with van der Waals surface area (Å²) in [6.07, 6.45) is 2.52. The first kappa shape index (κ1) is 24.3. The molecule has 1 saturated heterocycles. The molecule has 0 bridgehead atoms. The molecule has 1 N–H and O–H groups in total. The van der Waals surface area contributed by atoms with Gasteiger partial charge in [0.2, 0.25) is 5.88 Å². The summed E-state index contributed by atoms with van der Waals surface area (Å²) < 4.78 is 10.6. The molecule has 0 saturated carbocycles. The van der Waals surface area contributed by atoms with E-state index in [4.69, 9.17) is 14.5 Å². The van der Waals surface area contributed by atoms with Crippen molar-refractivity contribution >= 4 is 36.0 Å². The Morgan fingerprint density at radius 1 is 1.18 bits per heavy atom. The van der Waals surface area contributed by atoms with Gasteiger partial charge in [0.1, 0.15) is 0 Å². The molecule has 2 heterocycles. The zero-order valence-corrected chi connectivity index (χ0v) is 19.3. The molecule has 8 nitrogen and oxygen atoms in total. The summed E-state index contributed by atoms with van der Waals surface area (Å²) >= 11 is 0. The van der Waals surface area contributed by atoms with Crippen LogP contribution in [0.4, 0.5) is 4.79 Å². The Kier molecular flexibility index (Phi) is 11.6. The Morgan fingerprint density at radius 3 is 2.46 bits per heavy atom. The third kappa shape index (κ3) is 7.69. The van der Waals surface area contributed by atoms with Gasteiger partial charge in [0, 0.05) is 45.0 Å². The Balaban J connectivity index is 0.00000392. The Bertz CT molecular complexity index is 604. The summed E-state index contributed by atoms with van der Waals surface area (Å²) in [6, 6.07) is 3.87. The Morgan fingerprint density at radius 2 is 1.89 bits per heavy atom. The first-order chi connectivity index (χ1) is 13.2. The zero-order valence-electron chi connectivity index (χ0n) is 17.0. The van der Waals surface area contributed by atoms with E-state index in [0.717, 1.165) is 37.6 Å². The van der Waals surface area contributed by atoms with Gasteiger partial charge in [0.15, 0.2) is 5.96 Å². The average Bonchev–Trinajstić information content (AvgIpc) is 2.70. The van der Waals surface area contributed by atoms with Crippen LogP contribution in [-0.2, 0) is 11.3 Å². The lowest BCUT2D eigenvalue weighted by Crippen LogP contribution is -2.53. The quantitative estimate of drug-likeness (QED) is 0.349. The fourth-order valence-corrected chi connectivity index (χ4v) is 2.70. The number of pyridine rings is 1. The van der Waals surface area contributed by atoms with Crippen molar-refractivity contribution in [2.45, 2.75) is 33.7 Å². The number of rotatable bonds is 7. The van der Waals surface area contributed by atoms with Crippen LogP contribution in [0, 0.1) is 0 Å². The molecular weight excluding hydrogens is 473 g/mol. The molecule has 1 amide bonds. The second-order valence-electron chi connectivity index (χ2n) is 6.20. The molecule has 0 atom stereocenters. The van der Waals surface area contributed by atoms with Crippen molar-refractivity contribution in [2.75, 3.05) is 45.9 Å². The van der Waals surface area contributed by atoms with Crippen molar-refractivity contribution in [1.82, 2.24) is 20.1 Å². The van der Waals surface area contributed by atoms with E-state index in [1.807, 2.05) is 26.0 Å². The lowest BCUT2D eigenvalue weighted by Gasteiger charge is -2.35. The lowest BCUT2D eigenvalue weighted by molar-refractivity contribution is 0.0914. The largest absolute Gasteiger partial charge is 0.478 e. The molecule has 1 fully saturated rings. The standard InChI is InChI=1S/C19H31N5O3.HI/c1-4-13-27-17-8-7-16(14-21-17)15-22-18(20-5-2)23-9-11-24(12-10-23)19(25)26-6-3;/h7-8,14H,4-6,9-13,15H2,1-3H3,(H,20,22);1H. The maximum absolute atomic E-state index is 11.8. The van der Waals surface area contributed by atoms with Crippen LogP contribution < -0.4 is 10.1 Å². The van der Waals surface area contributed by atoms with Gasteiger partial charge in [0.05, 0.1) is 19.8 Å². The molecule has 0 aliphatic carbocycles. The van der Waals surface area contributed by atoms with Gasteiger partial charge in [-0.25, -0.2) is 14.8 Å². The number of hydrogen-bond donors (Lipinski definition) is 1. The maximum atomic E-state index is 11.8. The molecular formula is C19H32IN5O3. The number of halogens is 1. The third-order valence-electron chi connectivity index (χ3n) is 4.10. The van der Waals surface area contributed by atoms with Gasteiger partial charge in [-0.2, -0.15) is 0 Å². The summed E-state index contributed by atoms with van der Waals surface area (Å²) in [7, 11) is 0. The molecule has 1 aliphatic heterocycles. The van der Waals surface area contributed by atoms with Gasteiger partial charge in [0.25, 0.3) is 0 Å². The number of ether oxygens (including phenoxy) is 2. The van der Waals surface area contributed by atoms with Crippen LogP contribution in [0.5, 0.6) is 5.88 Å². The molecule has 158 valence electrons. The van der Waals surface area contributed by atoms with Crippen LogP contribution in [0.15, 0.2) is 23.3 Å². The molecule has 0 spiro atoms. The van der Waals surface area contributed by atoms with Crippen LogP contribution >= 0.6 is 24.0 Å². The normalized spacial score (nSPS) is 14.3. The first-order valence-electron chi connectivity index (χ1n) is 9.70. The van der Waals surface area contributed by atoms with E-state index in [2.05, 4.69) is 22.1 Å². The van der Waals surface area contributed by atoms with Gasteiger partial charge in [-0.1, -0.05) is 13.0 Å². The fourth-order valence-electron chi connectivity index (χ4n) is 2.70. The number of hydrogen-bond acceptors (Lipinski definition) is 5. The number of nitrogens with one attached hydrogen (secondary N) is 1. The van der Waals surface area contributed by atoms with Crippen LogP contribution in [0.3, 0.4) is 0 Å². The highest BCUT2D eigenvalue weighted by atomic mass is 127. The number of amides is 1. The monoisotopic (exact) mass is 505 g/mol. The summed E-state index contributed by atoms with van der Waals surface area (Å²) in [4.78, 5) is 24.8. The van der Waals surface area contributed by atoms with Gasteiger partial charge < -0.3 is 24.6 Å². The van der Waals surface area contributed by atoms with E-state index in [-0.39, 0.29) is 30.1 Å². The highest BCUT2D eigenvalue weighted by Gasteiger charge is 2.23. The van der Waals surface area contributed by atoms with Gasteiger partial charge in [-0.05, 0) is 25.8 Å². The Hall–Kier alpha value is -1.78. The molecule has 1 aromatic rings. The SMILES string of the molecule is CCCOc1ccc(CN=C(NCC)N2CCN(C(=O)OCC)CC2)cn1.I. The van der Waals surface area contributed by atoms with Gasteiger partial charge in [-0.15, -0.1) is 24.0 Å². The predicted molar refractivity (Wildman–Crippen MR) is 120 cm³/mol. The molecule has 0 aromatic carbocycles. The summed E-state index contributed by atoms with van der Waals surface area (Å²) in [6.45, 7) is 11.1. The third-order valence-corrected chi connectivity index (χ3v) is 4.10. The smallest absolute Gasteiger partial charge is 0.409 e. The van der Waals surface area contributed by atoms with Crippen LogP contribution in [0.25, 0.3) is 0 Å². The number of carbonyl (C=O) groups is 1. The van der Waals surface area contributed by atoms with Crippen molar-refractivity contribution in [3.05, 3.63) is 23.9 Å². The van der Waals surface area contributed by atoms with E-state index >= 15 is 0 Å². The Labute approximate surface area is 184 Å². The van der Waals surface area contributed by atoms with E-state index < -0.39 is 0 Å². The molecule has 28 heavy (non-hydrogen) atoms. The minimum absolute atomic E-state index is 0. The summed E-state index contributed by atoms with van der Waals surface area (Å²) in [5, 5.41) is 3.33. The van der Waals surface area contributed by atoms with Crippen molar-refractivity contribution in [1.29, 1.82) is 0 Å². The van der Waals surface area contributed by atoms with E-state index in [0.29, 0.717) is 38.7 Å². The van der Waals surface area contributed by atoms with Crippen LogP contribution in [0.2, 0.25) is 0 Å². The summed E-state index contributed by atoms with van der Waals surface area (Å²) in [5.74, 6) is 1.50. The number of piperazine rings is 1. The van der Waals surface area contributed by atoms with E-state index in [1.54, 1.807) is 11.1 Å². The molecule has 2 rings (SSSR count). The second-order valence-corrected chi connectivity index (χ2v) is 6.20. The first-order valence-corrected chi connectivity index (χ1v) is 9.70. The summed E-state index contributed by atoms with van der Waals surface area (Å²) in [5.41, 5.74) is 1.03. The minimum atomic E-state index is -0.240. The topological polar surface area (TPSA) is 79.3 Å². The van der Waals surface area contributed by atoms with Crippen LogP contribution in [-0.4, -0.2) is 72.8 Å². The van der Waals surface area contributed by atoms with Gasteiger partial charge >= 0.3 is 6.09 Å². The van der Waals surface area contributed by atoms with Gasteiger partial charge in [-0.3, -0.25) is 0 Å². The second kappa shape index (κ2) is 13.4. The number of aliphatic imine (C=N–C) groups is 1. The number of nitrogens with zero attached hydrogens (tertiary/aromatic N) is 4. The molecule has 0 unspecified atom stereocenters. The highest BCUT2D eigenvalue weighted by molar-refractivity contribution is 14.0. The van der Waals surface area contributed by atoms with E-state index in [1.165, 1.54) is 0 Å². The predicted octanol–water partition coefficient (Wildman–Crippen LogP) is 2.73. The average molecular weight is 505 g/mol. The lowest BCUT2D eigenvalue weighted by atomic mass is 10.3. The number of guanidine groups is 1. The highest BCUT2D eigenvalue weighted by Crippen LogP contribution is 2.10. The van der Waals surface area contributed by atoms with Crippen LogP contribution in [0.1, 0.15) is 32.8 Å². The van der Waals surface area contributed by atoms with Crippen molar-refractivity contribution in [3.63, 3.8) is 0 Å². The maximum Gasteiger partial charge on any atom is 0.409 e. The van der Waals surface area contributed by atoms with Crippen molar-refractivity contribution < 1.29 is 14.3 Å². The van der Waals surface area contributed by atoms with E-state index in [9.17, 15) is 4.79 Å². The molecule has 1 aliphatic rings. The minimum Gasteiger partial charge on any atom is -0.478 e.